The van der Waals surface area contributed by atoms with Gasteiger partial charge in [0.15, 0.2) is 0 Å². The van der Waals surface area contributed by atoms with Crippen LogP contribution in [0.15, 0.2) is 91.0 Å². The molecule has 2 aliphatic rings. The number of hydrogen-bond acceptors (Lipinski definition) is 1. The molecule has 2 nitrogen and oxygen atoms in total. The van der Waals surface area contributed by atoms with E-state index < -0.39 is 11.4 Å². The minimum atomic E-state index is -0.895. The molecule has 6 rings (SSSR count). The van der Waals surface area contributed by atoms with Crippen molar-refractivity contribution in [1.29, 1.82) is 0 Å². The van der Waals surface area contributed by atoms with Gasteiger partial charge in [-0.25, -0.2) is 4.79 Å². The van der Waals surface area contributed by atoms with E-state index in [-0.39, 0.29) is 0 Å². The van der Waals surface area contributed by atoms with E-state index in [9.17, 15) is 9.90 Å². The molecule has 0 aliphatic heterocycles. The number of carbonyl (C=O) groups is 1. The van der Waals surface area contributed by atoms with Crippen molar-refractivity contribution in [3.63, 3.8) is 0 Å². The minimum Gasteiger partial charge on any atom is -0.478 e. The van der Waals surface area contributed by atoms with Crippen LogP contribution < -0.4 is 0 Å². The Morgan fingerprint density at radius 2 is 1.00 bits per heavy atom. The summed E-state index contributed by atoms with van der Waals surface area (Å²) in [5.74, 6) is -0.895. The maximum Gasteiger partial charge on any atom is 0.335 e. The molecule has 132 valence electrons. The van der Waals surface area contributed by atoms with Gasteiger partial charge in [0.1, 0.15) is 0 Å². The Hall–Kier alpha value is -3.65. The molecule has 0 radical (unpaired) electrons. The van der Waals surface area contributed by atoms with Gasteiger partial charge in [-0.3, -0.25) is 0 Å². The van der Waals surface area contributed by atoms with Gasteiger partial charge in [-0.05, 0) is 56.6 Å². The lowest BCUT2D eigenvalue weighted by Crippen LogP contribution is -2.26. The van der Waals surface area contributed by atoms with E-state index >= 15 is 0 Å². The molecule has 0 amide bonds. The standard InChI is InChI=1S/C26H16O2/c27-25(28)16-13-14-20-19-9-3-6-12-23(19)26(24(20)15-16)21-10-4-1-7-17(21)18-8-2-5-11-22(18)26/h1-15H,(H,27,28). The van der Waals surface area contributed by atoms with Crippen LogP contribution in [-0.4, -0.2) is 11.1 Å². The van der Waals surface area contributed by atoms with Gasteiger partial charge in [0.2, 0.25) is 0 Å². The van der Waals surface area contributed by atoms with Crippen molar-refractivity contribution in [3.05, 3.63) is 119 Å². The Kier molecular flexibility index (Phi) is 2.86. The van der Waals surface area contributed by atoms with E-state index in [1.807, 2.05) is 12.1 Å². The number of rotatable bonds is 1. The Morgan fingerprint density at radius 1 is 0.571 bits per heavy atom. The number of aromatic carboxylic acids is 1. The predicted octanol–water partition coefficient (Wildman–Crippen LogP) is 5.73. The van der Waals surface area contributed by atoms with Crippen LogP contribution in [0.4, 0.5) is 0 Å². The Morgan fingerprint density at radius 3 is 1.46 bits per heavy atom. The Bertz CT molecular complexity index is 1240. The first kappa shape index (κ1) is 15.4. The molecular formula is C26H16O2. The summed E-state index contributed by atoms with van der Waals surface area (Å²) in [7, 11) is 0. The molecule has 2 heteroatoms. The van der Waals surface area contributed by atoms with E-state index in [0.29, 0.717) is 5.56 Å². The lowest BCUT2D eigenvalue weighted by molar-refractivity contribution is 0.0697. The second-order valence-electron chi connectivity index (χ2n) is 7.45. The number of fused-ring (bicyclic) bond motifs is 10. The van der Waals surface area contributed by atoms with Gasteiger partial charge in [-0.15, -0.1) is 0 Å². The molecule has 0 atom stereocenters. The average Bonchev–Trinajstić information content (AvgIpc) is 3.21. The van der Waals surface area contributed by atoms with E-state index in [2.05, 4.69) is 72.8 Å². The lowest BCUT2D eigenvalue weighted by atomic mass is 9.70. The molecule has 0 unspecified atom stereocenters. The van der Waals surface area contributed by atoms with Gasteiger partial charge in [0.05, 0.1) is 11.0 Å². The molecule has 28 heavy (non-hydrogen) atoms. The molecule has 0 fully saturated rings. The van der Waals surface area contributed by atoms with Crippen molar-refractivity contribution in [1.82, 2.24) is 0 Å². The maximum atomic E-state index is 11.8. The van der Waals surface area contributed by atoms with Crippen molar-refractivity contribution >= 4 is 5.97 Å². The number of carboxylic acid groups (broad SMARTS) is 1. The van der Waals surface area contributed by atoms with Crippen LogP contribution >= 0.6 is 0 Å². The zero-order chi connectivity index (χ0) is 18.9. The summed E-state index contributed by atoms with van der Waals surface area (Å²) in [6.07, 6.45) is 0. The van der Waals surface area contributed by atoms with Crippen LogP contribution in [0.1, 0.15) is 32.6 Å². The smallest absolute Gasteiger partial charge is 0.335 e. The summed E-state index contributed by atoms with van der Waals surface area (Å²) in [5, 5.41) is 9.65. The third kappa shape index (κ3) is 1.66. The normalized spacial score (nSPS) is 14.3. The minimum absolute atomic E-state index is 0.327. The number of carboxylic acids is 1. The fraction of sp³-hybridized carbons (Fsp3) is 0.0385. The number of hydrogen-bond donors (Lipinski definition) is 1. The summed E-state index contributed by atoms with van der Waals surface area (Å²) < 4.78 is 0. The lowest BCUT2D eigenvalue weighted by Gasteiger charge is -2.30. The maximum absolute atomic E-state index is 11.8. The van der Waals surface area contributed by atoms with Crippen molar-refractivity contribution in [2.75, 3.05) is 0 Å². The summed E-state index contributed by atoms with van der Waals surface area (Å²) in [5.41, 5.74) is 9.35. The van der Waals surface area contributed by atoms with Crippen LogP contribution in [0.5, 0.6) is 0 Å². The monoisotopic (exact) mass is 360 g/mol. The first-order chi connectivity index (χ1) is 13.7. The van der Waals surface area contributed by atoms with Crippen LogP contribution in [0.2, 0.25) is 0 Å². The molecule has 0 aromatic heterocycles. The van der Waals surface area contributed by atoms with Crippen LogP contribution in [0, 0.1) is 0 Å². The molecule has 4 aromatic rings. The summed E-state index contributed by atoms with van der Waals surface area (Å²) in [6.45, 7) is 0. The zero-order valence-corrected chi connectivity index (χ0v) is 15.0. The van der Waals surface area contributed by atoms with E-state index in [4.69, 9.17) is 0 Å². The average molecular weight is 360 g/mol. The van der Waals surface area contributed by atoms with Gasteiger partial charge >= 0.3 is 5.97 Å². The van der Waals surface area contributed by atoms with E-state index in [0.717, 1.165) is 11.1 Å². The fourth-order valence-corrected chi connectivity index (χ4v) is 5.23. The van der Waals surface area contributed by atoms with Gasteiger partial charge in [-0.1, -0.05) is 78.9 Å². The topological polar surface area (TPSA) is 37.3 Å². The highest BCUT2D eigenvalue weighted by Gasteiger charge is 2.51. The van der Waals surface area contributed by atoms with Crippen LogP contribution in [-0.2, 0) is 5.41 Å². The number of benzene rings is 4. The largest absolute Gasteiger partial charge is 0.478 e. The molecule has 2 aliphatic carbocycles. The van der Waals surface area contributed by atoms with E-state index in [1.54, 1.807) is 6.07 Å². The first-order valence-electron chi connectivity index (χ1n) is 9.40. The van der Waals surface area contributed by atoms with Gasteiger partial charge < -0.3 is 5.11 Å². The van der Waals surface area contributed by atoms with Gasteiger partial charge in [0.25, 0.3) is 0 Å². The molecule has 4 aromatic carbocycles. The van der Waals surface area contributed by atoms with Gasteiger partial charge in [-0.2, -0.15) is 0 Å². The van der Waals surface area contributed by atoms with Crippen molar-refractivity contribution in [2.24, 2.45) is 0 Å². The third-order valence-electron chi connectivity index (χ3n) is 6.24. The molecule has 1 spiro atoms. The van der Waals surface area contributed by atoms with E-state index in [1.165, 1.54) is 33.4 Å². The Labute approximate surface area is 162 Å². The second-order valence-corrected chi connectivity index (χ2v) is 7.45. The van der Waals surface area contributed by atoms with Crippen LogP contribution in [0.25, 0.3) is 22.3 Å². The molecule has 0 saturated carbocycles. The fourth-order valence-electron chi connectivity index (χ4n) is 5.23. The summed E-state index contributed by atoms with van der Waals surface area (Å²) >= 11 is 0. The quantitative estimate of drug-likeness (QED) is 0.407. The van der Waals surface area contributed by atoms with Crippen molar-refractivity contribution in [3.8, 4) is 22.3 Å². The predicted molar refractivity (Wildman–Crippen MR) is 110 cm³/mol. The Balaban J connectivity index is 1.85. The van der Waals surface area contributed by atoms with Gasteiger partial charge in [0, 0.05) is 0 Å². The third-order valence-corrected chi connectivity index (χ3v) is 6.24. The summed E-state index contributed by atoms with van der Waals surface area (Å²) in [4.78, 5) is 11.8. The molecule has 1 N–H and O–H groups in total. The molecule has 0 bridgehead atoms. The highest BCUT2D eigenvalue weighted by Crippen LogP contribution is 2.62. The first-order valence-corrected chi connectivity index (χ1v) is 9.40. The molecular weight excluding hydrogens is 344 g/mol. The van der Waals surface area contributed by atoms with Crippen LogP contribution in [0.3, 0.4) is 0 Å². The van der Waals surface area contributed by atoms with Crippen molar-refractivity contribution < 1.29 is 9.90 Å². The second kappa shape index (κ2) is 5.20. The molecule has 0 heterocycles. The zero-order valence-electron chi connectivity index (χ0n) is 15.0. The highest BCUT2D eigenvalue weighted by molar-refractivity contribution is 5.97. The van der Waals surface area contributed by atoms with Crippen molar-refractivity contribution in [2.45, 2.75) is 5.41 Å². The molecule has 0 saturated heterocycles. The SMILES string of the molecule is O=C(O)c1ccc2c(c1)C1(c3ccccc3-c3ccccc31)c1ccccc1-2. The highest BCUT2D eigenvalue weighted by atomic mass is 16.4. The summed E-state index contributed by atoms with van der Waals surface area (Å²) in [6, 6.07) is 31.0.